The maximum absolute atomic E-state index is 12.3. The lowest BCUT2D eigenvalue weighted by molar-refractivity contribution is -0.385. The molecule has 1 aliphatic rings. The van der Waals surface area contributed by atoms with Gasteiger partial charge in [0.05, 0.1) is 16.5 Å². The van der Waals surface area contributed by atoms with Gasteiger partial charge in [0.1, 0.15) is 0 Å². The van der Waals surface area contributed by atoms with Crippen LogP contribution in [-0.4, -0.2) is 35.7 Å². The van der Waals surface area contributed by atoms with Crippen molar-refractivity contribution in [3.63, 3.8) is 0 Å². The molecule has 0 radical (unpaired) electrons. The van der Waals surface area contributed by atoms with Crippen LogP contribution in [0.4, 0.5) is 11.4 Å². The fourth-order valence-corrected chi connectivity index (χ4v) is 3.15. The summed E-state index contributed by atoms with van der Waals surface area (Å²) in [6, 6.07) is 11.4. The maximum Gasteiger partial charge on any atom is 0.311 e. The van der Waals surface area contributed by atoms with Crippen molar-refractivity contribution in [2.24, 2.45) is 5.92 Å². The Bertz CT molecular complexity index is 983. The summed E-state index contributed by atoms with van der Waals surface area (Å²) in [4.78, 5) is 48.7. The zero-order chi connectivity index (χ0) is 21.1. The van der Waals surface area contributed by atoms with Crippen molar-refractivity contribution in [3.8, 4) is 0 Å². The van der Waals surface area contributed by atoms with Gasteiger partial charge in [0, 0.05) is 30.2 Å². The second-order valence-corrected chi connectivity index (χ2v) is 7.03. The summed E-state index contributed by atoms with van der Waals surface area (Å²) in [7, 11) is 0. The topological polar surface area (TPSA) is 107 Å². The number of ketones is 1. The molecule has 0 saturated carbocycles. The van der Waals surface area contributed by atoms with Crippen LogP contribution < -0.4 is 4.90 Å². The summed E-state index contributed by atoms with van der Waals surface area (Å²) in [5.41, 5.74) is 2.21. The number of carbonyl (C=O) groups is 3. The van der Waals surface area contributed by atoms with Gasteiger partial charge in [-0.3, -0.25) is 24.5 Å². The number of benzene rings is 2. The molecule has 2 aromatic carbocycles. The van der Waals surface area contributed by atoms with Gasteiger partial charge in [0.25, 0.3) is 5.69 Å². The van der Waals surface area contributed by atoms with E-state index in [0.29, 0.717) is 16.8 Å². The van der Waals surface area contributed by atoms with Gasteiger partial charge >= 0.3 is 5.97 Å². The van der Waals surface area contributed by atoms with Gasteiger partial charge in [0.15, 0.2) is 12.4 Å². The predicted octanol–water partition coefficient (Wildman–Crippen LogP) is 2.99. The Balaban J connectivity index is 1.63. The molecule has 1 amide bonds. The summed E-state index contributed by atoms with van der Waals surface area (Å²) < 4.78 is 5.11. The third-order valence-electron chi connectivity index (χ3n) is 4.88. The molecule has 1 aliphatic heterocycles. The zero-order valence-corrected chi connectivity index (χ0v) is 16.1. The number of esters is 1. The third kappa shape index (κ3) is 4.48. The van der Waals surface area contributed by atoms with E-state index in [9.17, 15) is 24.5 Å². The molecule has 8 nitrogen and oxygen atoms in total. The van der Waals surface area contributed by atoms with Crippen molar-refractivity contribution >= 4 is 29.0 Å². The van der Waals surface area contributed by atoms with Crippen molar-refractivity contribution in [2.45, 2.75) is 20.3 Å². The Morgan fingerprint density at radius 1 is 1.17 bits per heavy atom. The van der Waals surface area contributed by atoms with Crippen LogP contribution >= 0.6 is 0 Å². The molecule has 0 bridgehead atoms. The minimum atomic E-state index is -0.728. The Morgan fingerprint density at radius 3 is 2.52 bits per heavy atom. The standard InChI is InChI=1S/C21H20N2O6/c1-13-3-6-15(7-4-13)19(24)12-29-21(26)16-9-20(25)22(11-16)17-8-5-14(2)18(10-17)23(27)28/h3-8,10,16H,9,11-12H2,1-2H3/t16-/m1/s1. The second kappa shape index (κ2) is 8.22. The first-order chi connectivity index (χ1) is 13.8. The van der Waals surface area contributed by atoms with Crippen LogP contribution in [-0.2, 0) is 14.3 Å². The quantitative estimate of drug-likeness (QED) is 0.322. The van der Waals surface area contributed by atoms with E-state index in [0.717, 1.165) is 5.56 Å². The van der Waals surface area contributed by atoms with Crippen molar-refractivity contribution in [1.82, 2.24) is 0 Å². The number of nitro benzene ring substituents is 1. The smallest absolute Gasteiger partial charge is 0.311 e. The summed E-state index contributed by atoms with van der Waals surface area (Å²) in [6.45, 7) is 3.16. The summed E-state index contributed by atoms with van der Waals surface area (Å²) in [5, 5.41) is 11.1. The predicted molar refractivity (Wildman–Crippen MR) is 105 cm³/mol. The minimum Gasteiger partial charge on any atom is -0.457 e. The highest BCUT2D eigenvalue weighted by molar-refractivity contribution is 6.01. The molecule has 1 fully saturated rings. The minimum absolute atomic E-state index is 0.0522. The first-order valence-corrected chi connectivity index (χ1v) is 9.08. The van der Waals surface area contributed by atoms with E-state index in [1.807, 2.05) is 6.92 Å². The number of nitro groups is 1. The van der Waals surface area contributed by atoms with Gasteiger partial charge in [0.2, 0.25) is 5.91 Å². The van der Waals surface area contributed by atoms with Gasteiger partial charge in [-0.05, 0) is 19.9 Å². The number of hydrogen-bond donors (Lipinski definition) is 0. The van der Waals surface area contributed by atoms with Crippen LogP contribution in [0.1, 0.15) is 27.9 Å². The molecule has 0 spiro atoms. The molecule has 1 atom stereocenters. The van der Waals surface area contributed by atoms with E-state index in [-0.39, 0.29) is 30.3 Å². The first kappa shape index (κ1) is 20.2. The lowest BCUT2D eigenvalue weighted by Gasteiger charge is -2.16. The highest BCUT2D eigenvalue weighted by Gasteiger charge is 2.37. The summed E-state index contributed by atoms with van der Waals surface area (Å²) in [6.07, 6.45) is -0.0702. The van der Waals surface area contributed by atoms with Crippen molar-refractivity contribution < 1.29 is 24.0 Å². The molecule has 29 heavy (non-hydrogen) atoms. The second-order valence-electron chi connectivity index (χ2n) is 7.03. The number of amides is 1. The van der Waals surface area contributed by atoms with E-state index in [2.05, 4.69) is 0 Å². The molecule has 8 heteroatoms. The lowest BCUT2D eigenvalue weighted by atomic mass is 10.1. The average Bonchev–Trinajstić information content (AvgIpc) is 3.08. The van der Waals surface area contributed by atoms with Crippen LogP contribution in [0.25, 0.3) is 0 Å². The highest BCUT2D eigenvalue weighted by Crippen LogP contribution is 2.30. The largest absolute Gasteiger partial charge is 0.457 e. The van der Waals surface area contributed by atoms with E-state index < -0.39 is 23.4 Å². The molecule has 0 aromatic heterocycles. The van der Waals surface area contributed by atoms with Crippen LogP contribution in [0.3, 0.4) is 0 Å². The Kier molecular flexibility index (Phi) is 5.72. The molecule has 2 aromatic rings. The maximum atomic E-state index is 12.3. The monoisotopic (exact) mass is 396 g/mol. The van der Waals surface area contributed by atoms with Crippen LogP contribution in [0.2, 0.25) is 0 Å². The van der Waals surface area contributed by atoms with Gasteiger partial charge < -0.3 is 9.64 Å². The summed E-state index contributed by atoms with van der Waals surface area (Å²) >= 11 is 0. The molecule has 1 heterocycles. The number of aryl methyl sites for hydroxylation is 2. The summed E-state index contributed by atoms with van der Waals surface area (Å²) in [5.74, 6) is -2.01. The number of Topliss-reactive ketones (excluding diaryl/α,β-unsaturated/α-hetero) is 1. The van der Waals surface area contributed by atoms with Crippen LogP contribution in [0, 0.1) is 29.9 Å². The Labute approximate surface area is 167 Å². The number of hydrogen-bond acceptors (Lipinski definition) is 6. The van der Waals surface area contributed by atoms with E-state index in [4.69, 9.17) is 4.74 Å². The molecule has 150 valence electrons. The third-order valence-corrected chi connectivity index (χ3v) is 4.88. The van der Waals surface area contributed by atoms with E-state index in [1.54, 1.807) is 43.3 Å². The Hall–Kier alpha value is -3.55. The van der Waals surface area contributed by atoms with Gasteiger partial charge in [-0.2, -0.15) is 0 Å². The number of anilines is 1. The van der Waals surface area contributed by atoms with Gasteiger partial charge in [-0.15, -0.1) is 0 Å². The lowest BCUT2D eigenvalue weighted by Crippen LogP contribution is -2.27. The number of ether oxygens (including phenoxy) is 1. The van der Waals surface area contributed by atoms with Crippen molar-refractivity contribution in [1.29, 1.82) is 0 Å². The average molecular weight is 396 g/mol. The molecular weight excluding hydrogens is 376 g/mol. The fraction of sp³-hybridized carbons (Fsp3) is 0.286. The van der Waals surface area contributed by atoms with Crippen LogP contribution in [0.15, 0.2) is 42.5 Å². The molecular formula is C21H20N2O6. The first-order valence-electron chi connectivity index (χ1n) is 9.08. The molecule has 3 rings (SSSR count). The van der Waals surface area contributed by atoms with E-state index in [1.165, 1.54) is 11.0 Å². The molecule has 0 unspecified atom stereocenters. The van der Waals surface area contributed by atoms with Crippen molar-refractivity contribution in [3.05, 3.63) is 69.3 Å². The van der Waals surface area contributed by atoms with Crippen LogP contribution in [0.5, 0.6) is 0 Å². The van der Waals surface area contributed by atoms with E-state index >= 15 is 0 Å². The fourth-order valence-electron chi connectivity index (χ4n) is 3.15. The van der Waals surface area contributed by atoms with Gasteiger partial charge in [-0.25, -0.2) is 0 Å². The number of carbonyl (C=O) groups excluding carboxylic acids is 3. The van der Waals surface area contributed by atoms with Crippen molar-refractivity contribution in [2.75, 3.05) is 18.1 Å². The molecule has 0 aliphatic carbocycles. The number of rotatable bonds is 6. The highest BCUT2D eigenvalue weighted by atomic mass is 16.6. The number of nitrogens with zero attached hydrogens (tertiary/aromatic N) is 2. The molecule has 0 N–H and O–H groups in total. The SMILES string of the molecule is Cc1ccc(C(=O)COC(=O)[C@@H]2CC(=O)N(c3ccc(C)c([N+](=O)[O-])c3)C2)cc1. The molecule has 1 saturated heterocycles. The Morgan fingerprint density at radius 2 is 1.86 bits per heavy atom. The van der Waals surface area contributed by atoms with Gasteiger partial charge in [-0.1, -0.05) is 35.9 Å². The zero-order valence-electron chi connectivity index (χ0n) is 16.1. The normalized spacial score (nSPS) is 16.0.